The predicted octanol–water partition coefficient (Wildman–Crippen LogP) is 2.90. The number of hydrogen-bond acceptors (Lipinski definition) is 6. The van der Waals surface area contributed by atoms with Gasteiger partial charge in [0.25, 0.3) is 11.5 Å². The van der Waals surface area contributed by atoms with Gasteiger partial charge in [0.1, 0.15) is 16.2 Å². The second kappa shape index (κ2) is 9.74. The summed E-state index contributed by atoms with van der Waals surface area (Å²) < 4.78 is 15.5. The molecule has 0 radical (unpaired) electrons. The van der Waals surface area contributed by atoms with Crippen LogP contribution in [0.4, 0.5) is 4.39 Å². The van der Waals surface area contributed by atoms with Crippen molar-refractivity contribution in [2.45, 2.75) is 51.1 Å². The van der Waals surface area contributed by atoms with Crippen molar-refractivity contribution >= 4 is 33.4 Å². The molecule has 2 N–H and O–H groups in total. The van der Waals surface area contributed by atoms with Gasteiger partial charge in [-0.05, 0) is 57.3 Å². The Bertz CT molecular complexity index is 1370. The van der Waals surface area contributed by atoms with E-state index in [1.54, 1.807) is 30.0 Å². The summed E-state index contributed by atoms with van der Waals surface area (Å²) in [6, 6.07) is 6.31. The van der Waals surface area contributed by atoms with E-state index in [1.807, 2.05) is 0 Å². The lowest BCUT2D eigenvalue weighted by Gasteiger charge is -2.48. The summed E-state index contributed by atoms with van der Waals surface area (Å²) in [5.74, 6) is -0.856. The van der Waals surface area contributed by atoms with Crippen LogP contribution in [0, 0.1) is 12.7 Å². The maximum atomic E-state index is 14.1. The average molecular weight is 512 g/mol. The van der Waals surface area contributed by atoms with Crippen LogP contribution in [0.2, 0.25) is 0 Å². The lowest BCUT2D eigenvalue weighted by atomic mass is 9.83. The first kappa shape index (κ1) is 24.6. The minimum absolute atomic E-state index is 0.0604. The summed E-state index contributed by atoms with van der Waals surface area (Å²) in [4.78, 5) is 48.6. The number of hydrogen-bond donors (Lipinski definition) is 1. The van der Waals surface area contributed by atoms with Crippen molar-refractivity contribution in [3.63, 3.8) is 0 Å². The fourth-order valence-electron chi connectivity index (χ4n) is 5.55. The molecule has 1 aromatic carbocycles. The van der Waals surface area contributed by atoms with Gasteiger partial charge in [-0.3, -0.25) is 23.9 Å². The highest BCUT2D eigenvalue weighted by Gasteiger charge is 2.46. The molecule has 2 fully saturated rings. The van der Waals surface area contributed by atoms with Crippen molar-refractivity contribution in [2.75, 3.05) is 26.2 Å². The number of nitrogens with two attached hydrogens (primary N) is 1. The summed E-state index contributed by atoms with van der Waals surface area (Å²) in [5, 5.41) is 0.388. The number of amides is 2. The summed E-state index contributed by atoms with van der Waals surface area (Å²) >= 11 is 1.20. The summed E-state index contributed by atoms with van der Waals surface area (Å²) in [7, 11) is 0. The monoisotopic (exact) mass is 511 g/mol. The number of benzene rings is 1. The lowest BCUT2D eigenvalue weighted by Crippen LogP contribution is -2.63. The third-order valence-electron chi connectivity index (χ3n) is 7.71. The quantitative estimate of drug-likeness (QED) is 0.568. The smallest absolute Gasteiger partial charge is 0.264 e. The van der Waals surface area contributed by atoms with Gasteiger partial charge in [-0.15, -0.1) is 11.3 Å². The van der Waals surface area contributed by atoms with E-state index in [0.29, 0.717) is 52.2 Å². The first-order valence-corrected chi connectivity index (χ1v) is 13.2. The molecule has 2 aliphatic rings. The van der Waals surface area contributed by atoms with Crippen LogP contribution in [0.5, 0.6) is 0 Å². The zero-order valence-electron chi connectivity index (χ0n) is 20.3. The molecule has 2 aromatic heterocycles. The Balaban J connectivity index is 1.38. The molecule has 0 bridgehead atoms. The average Bonchev–Trinajstić information content (AvgIpc) is 3.23. The largest absolute Gasteiger partial charge is 0.368 e. The van der Waals surface area contributed by atoms with Crippen molar-refractivity contribution in [1.82, 2.24) is 19.4 Å². The number of likely N-dealkylation sites (tertiary alicyclic amines) is 2. The molecule has 10 heteroatoms. The van der Waals surface area contributed by atoms with Crippen LogP contribution in [0.25, 0.3) is 10.2 Å². The minimum Gasteiger partial charge on any atom is -0.368 e. The van der Waals surface area contributed by atoms with Gasteiger partial charge in [-0.1, -0.05) is 24.6 Å². The second-order valence-corrected chi connectivity index (χ2v) is 10.7. The molecule has 4 heterocycles. The number of aromatic nitrogens is 2. The third kappa shape index (κ3) is 4.22. The fourth-order valence-corrected chi connectivity index (χ4v) is 6.66. The Kier molecular flexibility index (Phi) is 6.65. The third-order valence-corrected chi connectivity index (χ3v) is 8.90. The number of carbonyl (C=O) groups is 2. The SMILES string of the molecule is Cc1c(C(=O)N2CCC(C(N)=O)(N3CCCCC3)CC2)sc2ncn(Cc3ccccc3F)c(=O)c12. The molecule has 5 rings (SSSR count). The maximum Gasteiger partial charge on any atom is 0.264 e. The molecule has 0 spiro atoms. The van der Waals surface area contributed by atoms with E-state index in [0.717, 1.165) is 32.4 Å². The van der Waals surface area contributed by atoms with E-state index < -0.39 is 5.54 Å². The number of halogens is 1. The first-order valence-electron chi connectivity index (χ1n) is 12.4. The van der Waals surface area contributed by atoms with Gasteiger partial charge in [0.2, 0.25) is 5.91 Å². The molecule has 2 amide bonds. The number of thiophene rings is 1. The highest BCUT2D eigenvalue weighted by Crippen LogP contribution is 2.34. The van der Waals surface area contributed by atoms with Crippen molar-refractivity contribution in [2.24, 2.45) is 5.73 Å². The van der Waals surface area contributed by atoms with E-state index in [2.05, 4.69) is 9.88 Å². The lowest BCUT2D eigenvalue weighted by molar-refractivity contribution is -0.134. The number of fused-ring (bicyclic) bond motifs is 1. The van der Waals surface area contributed by atoms with Crippen molar-refractivity contribution in [1.29, 1.82) is 0 Å². The van der Waals surface area contributed by atoms with E-state index in [9.17, 15) is 18.8 Å². The van der Waals surface area contributed by atoms with Crippen LogP contribution in [0.1, 0.15) is 52.9 Å². The van der Waals surface area contributed by atoms with Gasteiger partial charge >= 0.3 is 0 Å². The molecular formula is C26H30FN5O3S. The highest BCUT2D eigenvalue weighted by molar-refractivity contribution is 7.20. The van der Waals surface area contributed by atoms with Crippen LogP contribution < -0.4 is 11.3 Å². The molecule has 0 unspecified atom stereocenters. The minimum atomic E-state index is -0.700. The van der Waals surface area contributed by atoms with Crippen LogP contribution >= 0.6 is 11.3 Å². The molecule has 2 aliphatic heterocycles. The van der Waals surface area contributed by atoms with E-state index >= 15 is 0 Å². The maximum absolute atomic E-state index is 14.1. The van der Waals surface area contributed by atoms with Crippen LogP contribution in [-0.2, 0) is 11.3 Å². The molecule has 0 aliphatic carbocycles. The molecule has 0 atom stereocenters. The summed E-state index contributed by atoms with van der Waals surface area (Å²) in [6.45, 7) is 4.39. The second-order valence-electron chi connectivity index (χ2n) is 9.74. The van der Waals surface area contributed by atoms with E-state index in [4.69, 9.17) is 5.73 Å². The van der Waals surface area contributed by atoms with Gasteiger partial charge in [0.15, 0.2) is 0 Å². The summed E-state index contributed by atoms with van der Waals surface area (Å²) in [5.41, 5.74) is 5.87. The number of primary amides is 1. The van der Waals surface area contributed by atoms with Crippen molar-refractivity contribution in [3.8, 4) is 0 Å². The molecule has 3 aromatic rings. The van der Waals surface area contributed by atoms with Crippen molar-refractivity contribution in [3.05, 3.63) is 62.8 Å². The standard InChI is InChI=1S/C26H30FN5O3S/c1-17-20-22(29-16-31(23(20)33)15-18-7-3-4-8-19(18)27)36-21(17)24(34)30-13-9-26(10-14-30,25(28)35)32-11-5-2-6-12-32/h3-4,7-8,16H,2,5-6,9-15H2,1H3,(H2,28,35). The molecule has 190 valence electrons. The Hall–Kier alpha value is -3.11. The normalized spacial score (nSPS) is 18.4. The Morgan fingerprint density at radius 2 is 1.81 bits per heavy atom. The number of aryl methyl sites for hydroxylation is 1. The van der Waals surface area contributed by atoms with Gasteiger partial charge in [0.05, 0.1) is 23.1 Å². The van der Waals surface area contributed by atoms with Crippen LogP contribution in [0.15, 0.2) is 35.4 Å². The molecule has 0 saturated carbocycles. The van der Waals surface area contributed by atoms with E-state index in [-0.39, 0.29) is 29.7 Å². The zero-order valence-corrected chi connectivity index (χ0v) is 21.2. The number of carbonyl (C=O) groups excluding carboxylic acids is 2. The van der Waals surface area contributed by atoms with Crippen molar-refractivity contribution < 1.29 is 14.0 Å². The van der Waals surface area contributed by atoms with E-state index in [1.165, 1.54) is 28.3 Å². The molecule has 8 nitrogen and oxygen atoms in total. The highest BCUT2D eigenvalue weighted by atomic mass is 32.1. The predicted molar refractivity (Wildman–Crippen MR) is 137 cm³/mol. The van der Waals surface area contributed by atoms with Crippen LogP contribution in [-0.4, -0.2) is 62.9 Å². The zero-order chi connectivity index (χ0) is 25.4. The van der Waals surface area contributed by atoms with Gasteiger partial charge in [-0.25, -0.2) is 9.37 Å². The number of nitrogens with zero attached hydrogens (tertiary/aromatic N) is 4. The molecular weight excluding hydrogens is 481 g/mol. The van der Waals surface area contributed by atoms with Gasteiger partial charge < -0.3 is 10.6 Å². The Morgan fingerprint density at radius 1 is 1.11 bits per heavy atom. The van der Waals surface area contributed by atoms with Crippen LogP contribution in [0.3, 0.4) is 0 Å². The number of rotatable bonds is 5. The fraction of sp³-hybridized carbons (Fsp3) is 0.462. The first-order chi connectivity index (χ1) is 17.3. The topological polar surface area (TPSA) is 102 Å². The number of piperidine rings is 2. The Morgan fingerprint density at radius 3 is 2.47 bits per heavy atom. The molecule has 2 saturated heterocycles. The van der Waals surface area contributed by atoms with Gasteiger partial charge in [0, 0.05) is 18.7 Å². The Labute approximate surface area is 212 Å². The van der Waals surface area contributed by atoms with Gasteiger partial charge in [-0.2, -0.15) is 0 Å². The summed E-state index contributed by atoms with van der Waals surface area (Å²) in [6.07, 6.45) is 5.69. The molecule has 36 heavy (non-hydrogen) atoms.